The summed E-state index contributed by atoms with van der Waals surface area (Å²) in [4.78, 5) is 4.29. The largest absolute Gasteiger partial charge is 0.396 e. The number of anilines is 2. The van der Waals surface area contributed by atoms with Crippen LogP contribution in [0.1, 0.15) is 5.82 Å². The Bertz CT molecular complexity index is 881. The number of aromatic nitrogens is 2. The summed E-state index contributed by atoms with van der Waals surface area (Å²) in [5.74, 6) is 0.196. The first-order chi connectivity index (χ1) is 11.0. The van der Waals surface area contributed by atoms with Crippen LogP contribution in [-0.4, -0.2) is 21.3 Å². The molecule has 4 nitrogen and oxygen atoms in total. The van der Waals surface area contributed by atoms with E-state index in [0.29, 0.717) is 34.2 Å². The SMILES string of the molecule is Cn1c(CCO)nc2c(F)c(Nc3ccc(Br)cc3Cl)ccc21. The predicted octanol–water partition coefficient (Wildman–Crippen LogP) is 4.41. The van der Waals surface area contributed by atoms with E-state index in [1.165, 1.54) is 0 Å². The lowest BCUT2D eigenvalue weighted by Crippen LogP contribution is -2.00. The monoisotopic (exact) mass is 397 g/mol. The lowest BCUT2D eigenvalue weighted by atomic mass is 10.2. The highest BCUT2D eigenvalue weighted by Gasteiger charge is 2.15. The van der Waals surface area contributed by atoms with E-state index in [1.807, 2.05) is 6.07 Å². The summed E-state index contributed by atoms with van der Waals surface area (Å²) in [6, 6.07) is 8.78. The van der Waals surface area contributed by atoms with Gasteiger partial charge in [0.05, 0.1) is 28.5 Å². The van der Waals surface area contributed by atoms with Crippen molar-refractivity contribution in [3.05, 3.63) is 51.5 Å². The third-order valence-electron chi connectivity index (χ3n) is 3.62. The Balaban J connectivity index is 2.03. The number of nitrogens with one attached hydrogen (secondary N) is 1. The van der Waals surface area contributed by atoms with Crippen molar-refractivity contribution >= 4 is 49.9 Å². The van der Waals surface area contributed by atoms with Crippen LogP contribution in [0, 0.1) is 5.82 Å². The second kappa shape index (κ2) is 6.47. The zero-order valence-corrected chi connectivity index (χ0v) is 14.6. The number of fused-ring (bicyclic) bond motifs is 1. The fourth-order valence-corrected chi connectivity index (χ4v) is 3.15. The topological polar surface area (TPSA) is 50.1 Å². The highest BCUT2D eigenvalue weighted by Crippen LogP contribution is 2.31. The number of hydrogen-bond acceptors (Lipinski definition) is 3. The molecule has 120 valence electrons. The van der Waals surface area contributed by atoms with E-state index in [2.05, 4.69) is 26.2 Å². The van der Waals surface area contributed by atoms with E-state index >= 15 is 0 Å². The third kappa shape index (κ3) is 3.06. The van der Waals surface area contributed by atoms with E-state index in [4.69, 9.17) is 16.7 Å². The van der Waals surface area contributed by atoms with Crippen LogP contribution in [0.5, 0.6) is 0 Å². The van der Waals surface area contributed by atoms with E-state index < -0.39 is 5.82 Å². The van der Waals surface area contributed by atoms with Gasteiger partial charge in [0.1, 0.15) is 11.3 Å². The molecule has 0 aliphatic carbocycles. The molecule has 0 amide bonds. The first-order valence-electron chi connectivity index (χ1n) is 6.98. The number of imidazole rings is 1. The molecule has 0 unspecified atom stereocenters. The second-order valence-corrected chi connectivity index (χ2v) is 6.43. The molecule has 0 aliphatic heterocycles. The molecule has 7 heteroatoms. The van der Waals surface area contributed by atoms with Gasteiger partial charge in [0.25, 0.3) is 0 Å². The number of hydrogen-bond donors (Lipinski definition) is 2. The van der Waals surface area contributed by atoms with Gasteiger partial charge in [0.2, 0.25) is 0 Å². The summed E-state index contributed by atoms with van der Waals surface area (Å²) in [6.45, 7) is -0.0294. The minimum absolute atomic E-state index is 0.0294. The van der Waals surface area contributed by atoms with Crippen molar-refractivity contribution in [1.82, 2.24) is 9.55 Å². The van der Waals surface area contributed by atoms with Crippen LogP contribution in [-0.2, 0) is 13.5 Å². The molecule has 0 aliphatic rings. The Morgan fingerprint density at radius 2 is 2.04 bits per heavy atom. The maximum Gasteiger partial charge on any atom is 0.174 e. The maximum atomic E-state index is 14.7. The van der Waals surface area contributed by atoms with Gasteiger partial charge in [-0.1, -0.05) is 27.5 Å². The van der Waals surface area contributed by atoms with Crippen molar-refractivity contribution in [2.45, 2.75) is 6.42 Å². The Hall–Kier alpha value is -1.63. The van der Waals surface area contributed by atoms with Gasteiger partial charge in [-0.25, -0.2) is 9.37 Å². The standard InChI is InChI=1S/C16H14BrClFN3O/c1-22-13-5-4-12(15(19)16(13)21-14(22)6-7-23)20-11-3-2-9(17)8-10(11)18/h2-5,8,20,23H,6-7H2,1H3. The number of aryl methyl sites for hydroxylation is 1. The van der Waals surface area contributed by atoms with Crippen molar-refractivity contribution in [2.75, 3.05) is 11.9 Å². The molecular formula is C16H14BrClFN3O. The summed E-state index contributed by atoms with van der Waals surface area (Å²) in [6.07, 6.45) is 0.381. The van der Waals surface area contributed by atoms with Gasteiger partial charge in [0.15, 0.2) is 5.82 Å². The molecule has 0 saturated heterocycles. The number of halogens is 3. The number of aliphatic hydroxyl groups is 1. The van der Waals surface area contributed by atoms with Gasteiger partial charge in [0, 0.05) is 17.9 Å². The number of nitrogens with zero attached hydrogens (tertiary/aromatic N) is 2. The molecule has 1 heterocycles. The molecule has 0 spiro atoms. The third-order valence-corrected chi connectivity index (χ3v) is 4.43. The van der Waals surface area contributed by atoms with Crippen LogP contribution in [0.25, 0.3) is 11.0 Å². The Morgan fingerprint density at radius 3 is 2.74 bits per heavy atom. The molecule has 3 aromatic rings. The molecule has 2 N–H and O–H groups in total. The Kier molecular flexibility index (Phi) is 4.57. The minimum atomic E-state index is -0.443. The van der Waals surface area contributed by atoms with Crippen LogP contribution in [0.4, 0.5) is 15.8 Å². The minimum Gasteiger partial charge on any atom is -0.396 e. The highest BCUT2D eigenvalue weighted by atomic mass is 79.9. The smallest absolute Gasteiger partial charge is 0.174 e. The highest BCUT2D eigenvalue weighted by molar-refractivity contribution is 9.10. The molecule has 0 atom stereocenters. The van der Waals surface area contributed by atoms with E-state index in [9.17, 15) is 4.39 Å². The van der Waals surface area contributed by atoms with E-state index in [1.54, 1.807) is 35.9 Å². The van der Waals surface area contributed by atoms with E-state index in [0.717, 1.165) is 4.47 Å². The molecule has 1 aromatic heterocycles. The van der Waals surface area contributed by atoms with Crippen LogP contribution in [0.15, 0.2) is 34.8 Å². The van der Waals surface area contributed by atoms with Gasteiger partial charge < -0.3 is 15.0 Å². The maximum absolute atomic E-state index is 14.7. The quantitative estimate of drug-likeness (QED) is 0.684. The lowest BCUT2D eigenvalue weighted by molar-refractivity contribution is 0.295. The summed E-state index contributed by atoms with van der Waals surface area (Å²) in [5, 5.41) is 12.5. The summed E-state index contributed by atoms with van der Waals surface area (Å²) in [5.41, 5.74) is 1.86. The van der Waals surface area contributed by atoms with Crippen molar-refractivity contribution in [3.63, 3.8) is 0 Å². The zero-order chi connectivity index (χ0) is 16.6. The number of rotatable bonds is 4. The Morgan fingerprint density at radius 1 is 1.30 bits per heavy atom. The van der Waals surface area contributed by atoms with E-state index in [-0.39, 0.29) is 12.1 Å². The van der Waals surface area contributed by atoms with Crippen LogP contribution in [0.3, 0.4) is 0 Å². The van der Waals surface area contributed by atoms with Crippen molar-refractivity contribution in [2.24, 2.45) is 7.05 Å². The van der Waals surface area contributed by atoms with Gasteiger partial charge in [-0.3, -0.25) is 0 Å². The fourth-order valence-electron chi connectivity index (χ4n) is 2.43. The molecule has 0 fully saturated rings. The number of benzene rings is 2. The van der Waals surface area contributed by atoms with Crippen molar-refractivity contribution in [3.8, 4) is 0 Å². The van der Waals surface area contributed by atoms with Crippen molar-refractivity contribution in [1.29, 1.82) is 0 Å². The normalized spacial score (nSPS) is 11.2. The summed E-state index contributed by atoms with van der Waals surface area (Å²) >= 11 is 9.49. The van der Waals surface area contributed by atoms with Gasteiger partial charge in [-0.2, -0.15) is 0 Å². The molecule has 0 radical (unpaired) electrons. The number of aliphatic hydroxyl groups excluding tert-OH is 1. The molecule has 0 bridgehead atoms. The summed E-state index contributed by atoms with van der Waals surface area (Å²) < 4.78 is 17.4. The average Bonchev–Trinajstić information content (AvgIpc) is 2.83. The summed E-state index contributed by atoms with van der Waals surface area (Å²) in [7, 11) is 1.80. The molecule has 0 saturated carbocycles. The first kappa shape index (κ1) is 16.2. The van der Waals surface area contributed by atoms with Gasteiger partial charge >= 0.3 is 0 Å². The van der Waals surface area contributed by atoms with Gasteiger partial charge in [-0.05, 0) is 30.3 Å². The van der Waals surface area contributed by atoms with Gasteiger partial charge in [-0.15, -0.1) is 0 Å². The lowest BCUT2D eigenvalue weighted by Gasteiger charge is -2.10. The first-order valence-corrected chi connectivity index (χ1v) is 8.15. The van der Waals surface area contributed by atoms with Crippen LogP contribution >= 0.6 is 27.5 Å². The molecule has 2 aromatic carbocycles. The molecular weight excluding hydrogens is 385 g/mol. The Labute approximate surface area is 146 Å². The van der Waals surface area contributed by atoms with Crippen LogP contribution < -0.4 is 5.32 Å². The average molecular weight is 399 g/mol. The predicted molar refractivity (Wildman–Crippen MR) is 93.9 cm³/mol. The molecule has 23 heavy (non-hydrogen) atoms. The zero-order valence-electron chi connectivity index (χ0n) is 12.3. The second-order valence-electron chi connectivity index (χ2n) is 5.10. The van der Waals surface area contributed by atoms with Crippen LogP contribution in [0.2, 0.25) is 5.02 Å². The fraction of sp³-hybridized carbons (Fsp3) is 0.188. The molecule has 3 rings (SSSR count). The van der Waals surface area contributed by atoms with Crippen molar-refractivity contribution < 1.29 is 9.50 Å².